The van der Waals surface area contributed by atoms with Crippen molar-refractivity contribution in [2.45, 2.75) is 71.0 Å². The Hall–Kier alpha value is -3.12. The minimum absolute atomic E-state index is 0.0225. The van der Waals surface area contributed by atoms with E-state index in [4.69, 9.17) is 21.0 Å². The van der Waals surface area contributed by atoms with Crippen LogP contribution in [0.1, 0.15) is 86.3 Å². The SMILES string of the molecule is CCN(CC)C(c1nc(Cc2ccccc2)c(N(C)Cc2ccccc2)o1)C1(C(c2ccc(Cl)cc2)N(C)C)CCCCC1. The van der Waals surface area contributed by atoms with Crippen molar-refractivity contribution >= 4 is 17.5 Å². The maximum atomic E-state index is 7.06. The highest BCUT2D eigenvalue weighted by Crippen LogP contribution is 2.58. The summed E-state index contributed by atoms with van der Waals surface area (Å²) in [6, 6.07) is 30.0. The van der Waals surface area contributed by atoms with Gasteiger partial charge in [0.1, 0.15) is 5.69 Å². The van der Waals surface area contributed by atoms with E-state index >= 15 is 0 Å². The van der Waals surface area contributed by atoms with Crippen molar-refractivity contribution in [1.82, 2.24) is 14.8 Å². The van der Waals surface area contributed by atoms with Crippen molar-refractivity contribution in [3.63, 3.8) is 0 Å². The van der Waals surface area contributed by atoms with Gasteiger partial charge in [-0.15, -0.1) is 0 Å². The number of rotatable bonds is 13. The van der Waals surface area contributed by atoms with E-state index in [0.29, 0.717) is 0 Å². The quantitative estimate of drug-likeness (QED) is 0.150. The fourth-order valence-corrected chi connectivity index (χ4v) is 7.79. The van der Waals surface area contributed by atoms with E-state index in [2.05, 4.69) is 122 Å². The van der Waals surface area contributed by atoms with Gasteiger partial charge in [0.25, 0.3) is 0 Å². The highest BCUT2D eigenvalue weighted by molar-refractivity contribution is 6.30. The van der Waals surface area contributed by atoms with E-state index in [0.717, 1.165) is 61.4 Å². The number of oxazole rings is 1. The standard InChI is InChI=1S/C38H49ClN4O/c1-6-43(7-2)35(38(25-15-10-16-26-38)34(41(3)4)31-21-23-32(39)24-22-31)36-40-33(27-29-17-11-8-12-18-29)37(44-36)42(5)28-30-19-13-9-14-20-30/h8-9,11-14,17-24,34-35H,6-7,10,15-16,25-28H2,1-5H3. The summed E-state index contributed by atoms with van der Waals surface area (Å²) in [6.45, 7) is 7.15. The Morgan fingerprint density at radius 2 is 1.36 bits per heavy atom. The molecule has 234 valence electrons. The Morgan fingerprint density at radius 3 is 1.93 bits per heavy atom. The molecule has 1 saturated carbocycles. The average Bonchev–Trinajstić information content (AvgIpc) is 3.45. The van der Waals surface area contributed by atoms with Crippen LogP contribution >= 0.6 is 11.6 Å². The van der Waals surface area contributed by atoms with Crippen LogP contribution in [0.25, 0.3) is 0 Å². The van der Waals surface area contributed by atoms with Gasteiger partial charge in [-0.05, 0) is 68.8 Å². The van der Waals surface area contributed by atoms with Gasteiger partial charge in [-0.2, -0.15) is 0 Å². The van der Waals surface area contributed by atoms with Gasteiger partial charge < -0.3 is 14.2 Å². The van der Waals surface area contributed by atoms with Crippen LogP contribution in [-0.2, 0) is 13.0 Å². The van der Waals surface area contributed by atoms with E-state index < -0.39 is 0 Å². The minimum atomic E-state index is -0.0915. The van der Waals surface area contributed by atoms with Crippen LogP contribution in [0.4, 0.5) is 5.88 Å². The first-order valence-electron chi connectivity index (χ1n) is 16.3. The predicted octanol–water partition coefficient (Wildman–Crippen LogP) is 9.19. The van der Waals surface area contributed by atoms with Gasteiger partial charge in [0, 0.05) is 36.5 Å². The summed E-state index contributed by atoms with van der Waals surface area (Å²) in [5, 5.41) is 0.772. The highest BCUT2D eigenvalue weighted by atomic mass is 35.5. The monoisotopic (exact) mass is 612 g/mol. The third kappa shape index (κ3) is 7.06. The van der Waals surface area contributed by atoms with Gasteiger partial charge in [-0.1, -0.05) is 118 Å². The maximum absolute atomic E-state index is 7.06. The summed E-state index contributed by atoms with van der Waals surface area (Å²) in [6.07, 6.45) is 6.63. The molecular weight excluding hydrogens is 564 g/mol. The van der Waals surface area contributed by atoms with Crippen LogP contribution in [0, 0.1) is 5.41 Å². The topological polar surface area (TPSA) is 35.8 Å². The summed E-state index contributed by atoms with van der Waals surface area (Å²) in [5.74, 6) is 1.71. The van der Waals surface area contributed by atoms with Crippen molar-refractivity contribution in [3.8, 4) is 0 Å². The molecule has 1 aliphatic rings. The fraction of sp³-hybridized carbons (Fsp3) is 0.447. The van der Waals surface area contributed by atoms with E-state index in [1.54, 1.807) is 0 Å². The molecule has 6 heteroatoms. The normalized spacial score (nSPS) is 16.3. The summed E-state index contributed by atoms with van der Waals surface area (Å²) < 4.78 is 7.06. The van der Waals surface area contributed by atoms with Gasteiger partial charge >= 0.3 is 0 Å². The molecule has 5 rings (SSSR count). The second-order valence-electron chi connectivity index (χ2n) is 12.6. The van der Waals surface area contributed by atoms with Crippen molar-refractivity contribution in [1.29, 1.82) is 0 Å². The summed E-state index contributed by atoms with van der Waals surface area (Å²) in [7, 11) is 6.58. The molecule has 0 aliphatic heterocycles. The lowest BCUT2D eigenvalue weighted by Crippen LogP contribution is -2.49. The van der Waals surface area contributed by atoms with Crippen LogP contribution in [0.3, 0.4) is 0 Å². The first-order chi connectivity index (χ1) is 21.4. The van der Waals surface area contributed by atoms with Crippen LogP contribution in [0.2, 0.25) is 5.02 Å². The fourth-order valence-electron chi connectivity index (χ4n) is 7.66. The number of aromatic nitrogens is 1. The highest BCUT2D eigenvalue weighted by Gasteiger charge is 2.52. The largest absolute Gasteiger partial charge is 0.423 e. The van der Waals surface area contributed by atoms with Gasteiger partial charge in [0.15, 0.2) is 0 Å². The number of anilines is 1. The molecule has 44 heavy (non-hydrogen) atoms. The van der Waals surface area contributed by atoms with Crippen molar-refractivity contribution in [2.24, 2.45) is 5.41 Å². The van der Waals surface area contributed by atoms with Gasteiger partial charge in [0.05, 0.1) is 6.04 Å². The smallest absolute Gasteiger partial charge is 0.220 e. The molecule has 0 bridgehead atoms. The Morgan fingerprint density at radius 1 is 0.773 bits per heavy atom. The summed E-state index contributed by atoms with van der Waals surface area (Å²) in [5.41, 5.74) is 4.70. The summed E-state index contributed by atoms with van der Waals surface area (Å²) >= 11 is 6.39. The van der Waals surface area contributed by atoms with Crippen LogP contribution in [0.15, 0.2) is 89.3 Å². The average molecular weight is 613 g/mol. The molecule has 1 fully saturated rings. The van der Waals surface area contributed by atoms with Crippen molar-refractivity contribution in [2.75, 3.05) is 39.1 Å². The molecule has 5 nitrogen and oxygen atoms in total. The molecule has 2 atom stereocenters. The lowest BCUT2D eigenvalue weighted by molar-refractivity contribution is -0.0433. The minimum Gasteiger partial charge on any atom is -0.423 e. The number of benzene rings is 3. The number of nitrogens with zero attached hydrogens (tertiary/aromatic N) is 4. The van der Waals surface area contributed by atoms with E-state index in [-0.39, 0.29) is 17.5 Å². The zero-order valence-electron chi connectivity index (χ0n) is 27.2. The molecule has 0 saturated heterocycles. The van der Waals surface area contributed by atoms with Gasteiger partial charge in [-0.3, -0.25) is 4.90 Å². The molecular formula is C38H49ClN4O. The van der Waals surface area contributed by atoms with Crippen LogP contribution in [0.5, 0.6) is 0 Å². The molecule has 1 aliphatic carbocycles. The number of halogens is 1. The lowest BCUT2D eigenvalue weighted by Gasteiger charge is -2.53. The second-order valence-corrected chi connectivity index (χ2v) is 13.1. The Kier molecular flexibility index (Phi) is 10.8. The first kappa shape index (κ1) is 32.3. The second kappa shape index (κ2) is 14.8. The molecule has 1 heterocycles. The third-order valence-corrected chi connectivity index (χ3v) is 9.76. The van der Waals surface area contributed by atoms with Gasteiger partial charge in [-0.25, -0.2) is 4.98 Å². The Balaban J connectivity index is 1.66. The molecule has 2 unspecified atom stereocenters. The first-order valence-corrected chi connectivity index (χ1v) is 16.7. The van der Waals surface area contributed by atoms with E-state index in [9.17, 15) is 0 Å². The molecule has 0 radical (unpaired) electrons. The summed E-state index contributed by atoms with van der Waals surface area (Å²) in [4.78, 5) is 12.7. The number of hydrogen-bond acceptors (Lipinski definition) is 5. The van der Waals surface area contributed by atoms with Crippen LogP contribution < -0.4 is 4.90 Å². The molecule has 3 aromatic carbocycles. The lowest BCUT2D eigenvalue weighted by atomic mass is 9.61. The number of hydrogen-bond donors (Lipinski definition) is 0. The predicted molar refractivity (Wildman–Crippen MR) is 183 cm³/mol. The van der Waals surface area contributed by atoms with Crippen LogP contribution in [-0.4, -0.2) is 49.0 Å². The Bertz CT molecular complexity index is 1430. The molecule has 1 aromatic heterocycles. The molecule has 0 amide bonds. The van der Waals surface area contributed by atoms with Crippen molar-refractivity contribution in [3.05, 3.63) is 118 Å². The third-order valence-electron chi connectivity index (χ3n) is 9.50. The molecule has 0 N–H and O–H groups in total. The van der Waals surface area contributed by atoms with E-state index in [1.165, 1.54) is 36.0 Å². The molecule has 4 aromatic rings. The zero-order valence-corrected chi connectivity index (χ0v) is 27.9. The van der Waals surface area contributed by atoms with Gasteiger partial charge in [0.2, 0.25) is 11.8 Å². The van der Waals surface area contributed by atoms with E-state index in [1.807, 2.05) is 12.1 Å². The van der Waals surface area contributed by atoms with Crippen molar-refractivity contribution < 1.29 is 4.42 Å². The Labute approximate surface area is 269 Å². The zero-order chi connectivity index (χ0) is 31.1. The maximum Gasteiger partial charge on any atom is 0.220 e. The molecule has 0 spiro atoms.